The van der Waals surface area contributed by atoms with Gasteiger partial charge in [-0.3, -0.25) is 19.5 Å². The minimum Gasteiger partial charge on any atom is -0.361 e. The minimum atomic E-state index is -0.940. The van der Waals surface area contributed by atoms with E-state index in [2.05, 4.69) is 21.4 Å². The van der Waals surface area contributed by atoms with E-state index in [4.69, 9.17) is 12.2 Å². The van der Waals surface area contributed by atoms with Crippen LogP contribution in [0.2, 0.25) is 0 Å². The highest BCUT2D eigenvalue weighted by molar-refractivity contribution is 7.80. The van der Waals surface area contributed by atoms with E-state index >= 15 is 0 Å². The molecule has 6 nitrogen and oxygen atoms in total. The quantitative estimate of drug-likeness (QED) is 0.339. The van der Waals surface area contributed by atoms with Gasteiger partial charge in [0.15, 0.2) is 17.2 Å². The van der Waals surface area contributed by atoms with Crippen LogP contribution in [0.5, 0.6) is 0 Å². The van der Waals surface area contributed by atoms with Crippen LogP contribution in [0.3, 0.4) is 0 Å². The summed E-state index contributed by atoms with van der Waals surface area (Å²) < 4.78 is 0. The summed E-state index contributed by atoms with van der Waals surface area (Å²) in [5.41, 5.74) is 3.87. The van der Waals surface area contributed by atoms with E-state index in [1.165, 1.54) is 15.8 Å². The molecule has 2 aromatic carbocycles. The Hall–Kier alpha value is -3.32. The van der Waals surface area contributed by atoms with Crippen LogP contribution in [0.25, 0.3) is 10.9 Å². The number of nitrogens with zero attached hydrogens (tertiary/aromatic N) is 1. The molecular formula is C22H21N4O2S+. The Morgan fingerprint density at radius 3 is 2.72 bits per heavy atom. The van der Waals surface area contributed by atoms with Gasteiger partial charge in [-0.2, -0.15) is 0 Å². The lowest BCUT2D eigenvalue weighted by atomic mass is 10.0. The maximum atomic E-state index is 13.0. The molecule has 29 heavy (non-hydrogen) atoms. The van der Waals surface area contributed by atoms with E-state index in [0.717, 1.165) is 17.5 Å². The van der Waals surface area contributed by atoms with Gasteiger partial charge in [0.05, 0.1) is 5.69 Å². The van der Waals surface area contributed by atoms with Crippen molar-refractivity contribution in [2.24, 2.45) is 5.92 Å². The van der Waals surface area contributed by atoms with E-state index in [1.54, 1.807) is 6.21 Å². The molecule has 1 aromatic heterocycles. The molecule has 2 amide bonds. The van der Waals surface area contributed by atoms with Crippen LogP contribution in [0.1, 0.15) is 11.1 Å². The van der Waals surface area contributed by atoms with Gasteiger partial charge in [0.1, 0.15) is 6.54 Å². The number of para-hydroxylation sites is 2. The second-order valence-electron chi connectivity index (χ2n) is 6.96. The van der Waals surface area contributed by atoms with Crippen molar-refractivity contribution >= 4 is 51.9 Å². The summed E-state index contributed by atoms with van der Waals surface area (Å²) in [5.74, 6) is -1.71. The van der Waals surface area contributed by atoms with Gasteiger partial charge in [0.2, 0.25) is 5.91 Å². The summed E-state index contributed by atoms with van der Waals surface area (Å²) in [6.45, 7) is 2.51. The van der Waals surface area contributed by atoms with Crippen molar-refractivity contribution in [3.05, 3.63) is 65.9 Å². The first kappa shape index (κ1) is 19.0. The van der Waals surface area contributed by atoms with Crippen LogP contribution in [0, 0.1) is 12.8 Å². The Bertz CT molecular complexity index is 1130. The molecule has 0 spiro atoms. The van der Waals surface area contributed by atoms with E-state index in [1.807, 2.05) is 55.6 Å². The molecule has 1 aliphatic rings. The Morgan fingerprint density at radius 1 is 1.14 bits per heavy atom. The van der Waals surface area contributed by atoms with Gasteiger partial charge in [0, 0.05) is 23.5 Å². The molecule has 4 rings (SSSR count). The second-order valence-corrected chi connectivity index (χ2v) is 7.35. The molecule has 0 bridgehead atoms. The number of amides is 2. The fourth-order valence-electron chi connectivity index (χ4n) is 3.53. The molecule has 2 heterocycles. The Balaban J connectivity index is 1.48. The zero-order valence-corrected chi connectivity index (χ0v) is 16.8. The minimum absolute atomic E-state index is 0.109. The SMILES string of the molecule is Cc1ccccc1N1C(=O)[C@H](C=[NH+]CCc2c[nH]c3ccccc23)C(=O)NC1=S. The third-order valence-electron chi connectivity index (χ3n) is 5.06. The zero-order valence-electron chi connectivity index (χ0n) is 15.9. The topological polar surface area (TPSA) is 79.2 Å². The number of H-pyrrole nitrogens is 1. The maximum Gasteiger partial charge on any atom is 0.256 e. The molecule has 3 aromatic rings. The first-order chi connectivity index (χ1) is 14.1. The lowest BCUT2D eigenvalue weighted by molar-refractivity contribution is -0.452. The summed E-state index contributed by atoms with van der Waals surface area (Å²) in [6.07, 6.45) is 4.31. The normalized spacial score (nSPS) is 17.3. The predicted octanol–water partition coefficient (Wildman–Crippen LogP) is 1.23. The molecule has 0 saturated carbocycles. The number of hydrogen-bond acceptors (Lipinski definition) is 3. The molecule has 0 radical (unpaired) electrons. The van der Waals surface area contributed by atoms with E-state index < -0.39 is 11.8 Å². The first-order valence-corrected chi connectivity index (χ1v) is 9.83. The molecule has 0 unspecified atom stereocenters. The third-order valence-corrected chi connectivity index (χ3v) is 5.34. The predicted molar refractivity (Wildman–Crippen MR) is 117 cm³/mol. The van der Waals surface area contributed by atoms with Gasteiger partial charge in [-0.15, -0.1) is 0 Å². The van der Waals surface area contributed by atoms with Crippen molar-refractivity contribution < 1.29 is 14.6 Å². The highest BCUT2D eigenvalue weighted by Crippen LogP contribution is 2.23. The first-order valence-electron chi connectivity index (χ1n) is 9.42. The molecule has 1 atom stereocenters. The summed E-state index contributed by atoms with van der Waals surface area (Å²) in [7, 11) is 0. The number of aryl methyl sites for hydroxylation is 1. The van der Waals surface area contributed by atoms with E-state index in [-0.39, 0.29) is 11.0 Å². The van der Waals surface area contributed by atoms with Crippen molar-refractivity contribution in [1.29, 1.82) is 0 Å². The number of aromatic nitrogens is 1. The van der Waals surface area contributed by atoms with Gasteiger partial charge in [-0.25, -0.2) is 0 Å². The van der Waals surface area contributed by atoms with Crippen molar-refractivity contribution in [3.8, 4) is 0 Å². The van der Waals surface area contributed by atoms with Crippen molar-refractivity contribution in [2.75, 3.05) is 11.4 Å². The number of carbonyl (C=O) groups is 2. The molecule has 1 saturated heterocycles. The highest BCUT2D eigenvalue weighted by atomic mass is 32.1. The van der Waals surface area contributed by atoms with Gasteiger partial charge in [-0.1, -0.05) is 36.4 Å². The maximum absolute atomic E-state index is 13.0. The Labute approximate surface area is 173 Å². The number of benzene rings is 2. The molecule has 3 N–H and O–H groups in total. The lowest BCUT2D eigenvalue weighted by Crippen LogP contribution is -2.73. The van der Waals surface area contributed by atoms with Crippen LogP contribution >= 0.6 is 12.2 Å². The van der Waals surface area contributed by atoms with Crippen LogP contribution < -0.4 is 15.2 Å². The number of aromatic amines is 1. The van der Waals surface area contributed by atoms with Crippen molar-refractivity contribution in [1.82, 2.24) is 10.3 Å². The number of thiocarbonyl (C=S) groups is 1. The molecular weight excluding hydrogens is 384 g/mol. The lowest BCUT2D eigenvalue weighted by Gasteiger charge is -2.31. The Kier molecular flexibility index (Phi) is 5.22. The molecule has 1 aliphatic heterocycles. The van der Waals surface area contributed by atoms with Crippen LogP contribution in [-0.2, 0) is 16.0 Å². The van der Waals surface area contributed by atoms with E-state index in [0.29, 0.717) is 12.2 Å². The molecule has 1 fully saturated rings. The highest BCUT2D eigenvalue weighted by Gasteiger charge is 2.40. The van der Waals surface area contributed by atoms with Crippen LogP contribution in [-0.4, -0.2) is 34.7 Å². The average molecular weight is 406 g/mol. The monoisotopic (exact) mass is 405 g/mol. The van der Waals surface area contributed by atoms with Crippen LogP contribution in [0.4, 0.5) is 5.69 Å². The fraction of sp³-hybridized carbons (Fsp3) is 0.182. The summed E-state index contributed by atoms with van der Waals surface area (Å²) in [6, 6.07) is 15.6. The standard InChI is InChI=1S/C22H20N4O2S/c1-14-6-2-5-9-19(14)26-21(28)17(20(27)25-22(26)29)13-23-11-10-15-12-24-18-8-4-3-7-16(15)18/h2-9,12-13,17,24H,10-11H2,1H3,(H,25,27,29)/p+1/t17-/m1/s1. The van der Waals surface area contributed by atoms with Gasteiger partial charge >= 0.3 is 0 Å². The molecule has 7 heteroatoms. The van der Waals surface area contributed by atoms with E-state index in [9.17, 15) is 9.59 Å². The second kappa shape index (κ2) is 7.97. The number of hydrogen-bond donors (Lipinski definition) is 3. The van der Waals surface area contributed by atoms with Gasteiger partial charge in [0.25, 0.3) is 5.91 Å². The average Bonchev–Trinajstić information content (AvgIpc) is 3.12. The van der Waals surface area contributed by atoms with Gasteiger partial charge < -0.3 is 10.3 Å². The third kappa shape index (κ3) is 3.69. The number of fused-ring (bicyclic) bond motifs is 1. The van der Waals surface area contributed by atoms with Crippen molar-refractivity contribution in [3.63, 3.8) is 0 Å². The summed E-state index contributed by atoms with van der Waals surface area (Å²) >= 11 is 5.25. The van der Waals surface area contributed by atoms with Gasteiger partial charge in [-0.05, 0) is 42.4 Å². The summed E-state index contributed by atoms with van der Waals surface area (Å²) in [4.78, 5) is 33.1. The van der Waals surface area contributed by atoms with Crippen LogP contribution in [0.15, 0.2) is 54.7 Å². The largest absolute Gasteiger partial charge is 0.361 e. The number of anilines is 1. The number of carbonyl (C=O) groups excluding carboxylic acids is 2. The Morgan fingerprint density at radius 2 is 1.90 bits per heavy atom. The summed E-state index contributed by atoms with van der Waals surface area (Å²) in [5, 5.41) is 3.92. The number of nitrogens with one attached hydrogen (secondary N) is 3. The fourth-order valence-corrected chi connectivity index (χ4v) is 3.82. The van der Waals surface area contributed by atoms with Crippen molar-refractivity contribution in [2.45, 2.75) is 13.3 Å². The molecule has 0 aliphatic carbocycles. The smallest absolute Gasteiger partial charge is 0.256 e. The number of rotatable bonds is 5. The zero-order chi connectivity index (χ0) is 20.4. The molecule has 146 valence electrons.